The van der Waals surface area contributed by atoms with Crippen molar-refractivity contribution in [2.45, 2.75) is 31.3 Å². The molecular weight excluding hydrogens is 354 g/mol. The molecule has 1 aromatic carbocycles. The molecule has 27 heavy (non-hydrogen) atoms. The summed E-state index contributed by atoms with van der Waals surface area (Å²) in [5.41, 5.74) is 0.644. The van der Waals surface area contributed by atoms with Crippen molar-refractivity contribution in [1.82, 2.24) is 15.6 Å². The number of aromatic nitrogens is 1. The van der Waals surface area contributed by atoms with E-state index in [1.165, 1.54) is 6.07 Å². The Morgan fingerprint density at radius 2 is 1.96 bits per heavy atom. The lowest BCUT2D eigenvalue weighted by Crippen LogP contribution is -2.48. The molecule has 0 bridgehead atoms. The molecule has 0 aliphatic carbocycles. The van der Waals surface area contributed by atoms with Crippen LogP contribution in [-0.4, -0.2) is 29.4 Å². The molecule has 2 heterocycles. The highest BCUT2D eigenvalue weighted by Crippen LogP contribution is 2.21. The SMILES string of the molecule is O=C(Nc1ccc(F)c(F)c1)C(=O)NC(c1ccccn1)C1CCCCN1. The van der Waals surface area contributed by atoms with Crippen LogP contribution in [0.1, 0.15) is 31.0 Å². The van der Waals surface area contributed by atoms with Crippen LogP contribution in [0, 0.1) is 11.6 Å². The van der Waals surface area contributed by atoms with Crippen molar-refractivity contribution < 1.29 is 18.4 Å². The zero-order valence-electron chi connectivity index (χ0n) is 14.5. The van der Waals surface area contributed by atoms with Gasteiger partial charge in [-0.3, -0.25) is 14.6 Å². The fraction of sp³-hybridized carbons (Fsp3) is 0.316. The van der Waals surface area contributed by atoms with Gasteiger partial charge in [0.05, 0.1) is 11.7 Å². The lowest BCUT2D eigenvalue weighted by Gasteiger charge is -2.31. The average Bonchev–Trinajstić information content (AvgIpc) is 2.70. The Bertz CT molecular complexity index is 811. The number of nitrogens with zero attached hydrogens (tertiary/aromatic N) is 1. The normalized spacial score (nSPS) is 17.8. The molecule has 6 nitrogen and oxygen atoms in total. The third-order valence-corrected chi connectivity index (χ3v) is 4.43. The average molecular weight is 374 g/mol. The van der Waals surface area contributed by atoms with Gasteiger partial charge in [-0.05, 0) is 43.7 Å². The summed E-state index contributed by atoms with van der Waals surface area (Å²) in [5.74, 6) is -3.97. The van der Waals surface area contributed by atoms with Crippen molar-refractivity contribution >= 4 is 17.5 Å². The van der Waals surface area contributed by atoms with Gasteiger partial charge in [0.1, 0.15) is 0 Å². The third-order valence-electron chi connectivity index (χ3n) is 4.43. The van der Waals surface area contributed by atoms with Crippen LogP contribution in [-0.2, 0) is 9.59 Å². The number of nitrogens with one attached hydrogen (secondary N) is 3. The number of amides is 2. The van der Waals surface area contributed by atoms with Crippen LogP contribution in [0.5, 0.6) is 0 Å². The van der Waals surface area contributed by atoms with Crippen molar-refractivity contribution in [2.75, 3.05) is 11.9 Å². The summed E-state index contributed by atoms with van der Waals surface area (Å²) in [5, 5.41) is 8.32. The molecule has 1 saturated heterocycles. The first-order chi connectivity index (χ1) is 13.0. The monoisotopic (exact) mass is 374 g/mol. The van der Waals surface area contributed by atoms with E-state index in [4.69, 9.17) is 0 Å². The highest BCUT2D eigenvalue weighted by atomic mass is 19.2. The second-order valence-corrected chi connectivity index (χ2v) is 6.35. The van der Waals surface area contributed by atoms with Crippen LogP contribution in [0.25, 0.3) is 0 Å². The van der Waals surface area contributed by atoms with Gasteiger partial charge in [0.15, 0.2) is 11.6 Å². The van der Waals surface area contributed by atoms with Crippen molar-refractivity contribution in [1.29, 1.82) is 0 Å². The Morgan fingerprint density at radius 3 is 2.63 bits per heavy atom. The predicted molar refractivity (Wildman–Crippen MR) is 95.8 cm³/mol. The molecule has 2 aromatic rings. The molecule has 3 N–H and O–H groups in total. The van der Waals surface area contributed by atoms with E-state index in [0.29, 0.717) is 5.69 Å². The summed E-state index contributed by atoms with van der Waals surface area (Å²) in [6.07, 6.45) is 4.53. The summed E-state index contributed by atoms with van der Waals surface area (Å²) in [7, 11) is 0. The molecular formula is C19H20F2N4O2. The molecule has 1 aliphatic rings. The second kappa shape index (κ2) is 8.68. The number of benzene rings is 1. The summed E-state index contributed by atoms with van der Waals surface area (Å²) >= 11 is 0. The van der Waals surface area contributed by atoms with Gasteiger partial charge in [0.2, 0.25) is 0 Å². The molecule has 2 unspecified atom stereocenters. The maximum absolute atomic E-state index is 13.3. The standard InChI is InChI=1S/C19H20F2N4O2/c20-13-8-7-12(11-14(13)21)24-18(26)19(27)25-17(15-5-1-3-9-22-15)16-6-2-4-10-23-16/h1,3,5,7-9,11,16-17,23H,2,4,6,10H2,(H,24,26)(H,25,27). The number of pyridine rings is 1. The van der Waals surface area contributed by atoms with Gasteiger partial charge in [-0.1, -0.05) is 12.5 Å². The van der Waals surface area contributed by atoms with Gasteiger partial charge in [-0.15, -0.1) is 0 Å². The molecule has 1 aromatic heterocycles. The highest BCUT2D eigenvalue weighted by molar-refractivity contribution is 6.39. The zero-order chi connectivity index (χ0) is 19.2. The van der Waals surface area contributed by atoms with Gasteiger partial charge >= 0.3 is 11.8 Å². The third kappa shape index (κ3) is 4.85. The van der Waals surface area contributed by atoms with E-state index < -0.39 is 29.5 Å². The molecule has 1 aliphatic heterocycles. The molecule has 8 heteroatoms. The minimum absolute atomic E-state index is 0.000715. The molecule has 0 spiro atoms. The lowest BCUT2D eigenvalue weighted by molar-refractivity contribution is -0.136. The van der Waals surface area contributed by atoms with Gasteiger partial charge in [0, 0.05) is 24.0 Å². The van der Waals surface area contributed by atoms with Crippen LogP contribution in [0.3, 0.4) is 0 Å². The number of carbonyl (C=O) groups excluding carboxylic acids is 2. The van der Waals surface area contributed by atoms with Crippen LogP contribution in [0.15, 0.2) is 42.6 Å². The largest absolute Gasteiger partial charge is 0.338 e. The van der Waals surface area contributed by atoms with E-state index in [0.717, 1.165) is 37.9 Å². The van der Waals surface area contributed by atoms with Crippen LogP contribution in [0.4, 0.5) is 14.5 Å². The minimum Gasteiger partial charge on any atom is -0.338 e. The second-order valence-electron chi connectivity index (χ2n) is 6.35. The topological polar surface area (TPSA) is 83.1 Å². The summed E-state index contributed by atoms with van der Waals surface area (Å²) in [6, 6.07) is 7.73. The number of hydrogen-bond acceptors (Lipinski definition) is 4. The first kappa shape index (κ1) is 18.9. The van der Waals surface area contributed by atoms with Crippen molar-refractivity contribution in [2.24, 2.45) is 0 Å². The van der Waals surface area contributed by atoms with Crippen molar-refractivity contribution in [3.05, 3.63) is 59.9 Å². The molecule has 3 rings (SSSR count). The first-order valence-corrected chi connectivity index (χ1v) is 8.76. The van der Waals surface area contributed by atoms with Crippen LogP contribution >= 0.6 is 0 Å². The number of anilines is 1. The van der Waals surface area contributed by atoms with E-state index in [1.807, 2.05) is 6.07 Å². The Balaban J connectivity index is 1.71. The Kier molecular flexibility index (Phi) is 6.08. The van der Waals surface area contributed by atoms with Crippen molar-refractivity contribution in [3.8, 4) is 0 Å². The maximum atomic E-state index is 13.3. The van der Waals surface area contributed by atoms with Gasteiger partial charge < -0.3 is 16.0 Å². The number of hydrogen-bond donors (Lipinski definition) is 3. The Morgan fingerprint density at radius 1 is 1.11 bits per heavy atom. The van der Waals surface area contributed by atoms with Crippen LogP contribution in [0.2, 0.25) is 0 Å². The van der Waals surface area contributed by atoms with E-state index >= 15 is 0 Å². The maximum Gasteiger partial charge on any atom is 0.313 e. The molecule has 142 valence electrons. The van der Waals surface area contributed by atoms with Gasteiger partial charge in [0.25, 0.3) is 0 Å². The molecule has 2 amide bonds. The first-order valence-electron chi connectivity index (χ1n) is 8.76. The molecule has 0 saturated carbocycles. The van der Waals surface area contributed by atoms with E-state index in [2.05, 4.69) is 20.9 Å². The van der Waals surface area contributed by atoms with E-state index in [9.17, 15) is 18.4 Å². The molecule has 1 fully saturated rings. The highest BCUT2D eigenvalue weighted by Gasteiger charge is 2.29. The molecule has 2 atom stereocenters. The summed E-state index contributed by atoms with van der Waals surface area (Å²) in [4.78, 5) is 28.9. The van der Waals surface area contributed by atoms with Gasteiger partial charge in [-0.25, -0.2) is 8.78 Å². The predicted octanol–water partition coefficient (Wildman–Crippen LogP) is 2.30. The number of piperidine rings is 1. The number of rotatable bonds is 4. The number of halogens is 2. The van der Waals surface area contributed by atoms with E-state index in [1.54, 1.807) is 18.3 Å². The Labute approximate surface area is 155 Å². The zero-order valence-corrected chi connectivity index (χ0v) is 14.5. The summed E-state index contributed by atoms with van der Waals surface area (Å²) in [6.45, 7) is 0.824. The quantitative estimate of drug-likeness (QED) is 0.717. The summed E-state index contributed by atoms with van der Waals surface area (Å²) < 4.78 is 26.2. The van der Waals surface area contributed by atoms with Gasteiger partial charge in [-0.2, -0.15) is 0 Å². The fourth-order valence-corrected chi connectivity index (χ4v) is 3.07. The van der Waals surface area contributed by atoms with Crippen LogP contribution < -0.4 is 16.0 Å². The van der Waals surface area contributed by atoms with E-state index in [-0.39, 0.29) is 11.7 Å². The lowest BCUT2D eigenvalue weighted by atomic mass is 9.95. The van der Waals surface area contributed by atoms with Crippen molar-refractivity contribution in [3.63, 3.8) is 0 Å². The Hall–Kier alpha value is -2.87. The number of carbonyl (C=O) groups is 2. The molecule has 0 radical (unpaired) electrons. The fourth-order valence-electron chi connectivity index (χ4n) is 3.07. The minimum atomic E-state index is -1.11. The smallest absolute Gasteiger partial charge is 0.313 e.